The van der Waals surface area contributed by atoms with Crippen molar-refractivity contribution >= 4 is 29.8 Å². The number of ether oxygens (including phenoxy) is 4. The third-order valence-electron chi connectivity index (χ3n) is 8.82. The van der Waals surface area contributed by atoms with Gasteiger partial charge >= 0.3 is 6.09 Å². The van der Waals surface area contributed by atoms with Gasteiger partial charge in [0.25, 0.3) is 5.91 Å². The van der Waals surface area contributed by atoms with Crippen molar-refractivity contribution in [2.45, 2.75) is 84.2 Å². The van der Waals surface area contributed by atoms with Gasteiger partial charge in [-0.3, -0.25) is 19.4 Å². The number of Topliss-reactive ketones (excluding diaryl/α,β-unsaturated/α-hetero) is 2. The second-order valence-electron chi connectivity index (χ2n) is 12.5. The summed E-state index contributed by atoms with van der Waals surface area (Å²) < 4.78 is 22.2. The van der Waals surface area contributed by atoms with Crippen LogP contribution in [0.5, 0.6) is 0 Å². The first-order chi connectivity index (χ1) is 22.8. The molecule has 48 heavy (non-hydrogen) atoms. The first-order valence-corrected chi connectivity index (χ1v) is 16.3. The number of hydrogen-bond acceptors (Lipinski definition) is 11. The standard InChI is InChI=1S/C35H50N4O9/c1-20-16-24-30(41)28(25(31(42)33(24)47-7)19-37-39-14-9-8-10-15-39)38-34(43)21(2)12-11-13-26(45-5)32(48-35(36)44)23(4)18-22(3)29(40)27(17-20)46-6/h11-13,18-20,22,26-27,29,32,40H,8-10,14-17H2,1-7H3,(H2,36,44)(H,38,43)/b13-11-,21-12+,23-18+,37-19?. The predicted molar refractivity (Wildman–Crippen MR) is 179 cm³/mol. The van der Waals surface area contributed by atoms with Gasteiger partial charge in [-0.25, -0.2) is 4.79 Å². The monoisotopic (exact) mass is 670 g/mol. The van der Waals surface area contributed by atoms with Gasteiger partial charge in [0.2, 0.25) is 11.6 Å². The number of hydrogen-bond donors (Lipinski definition) is 3. The summed E-state index contributed by atoms with van der Waals surface area (Å²) in [5, 5.41) is 20.3. The molecule has 2 heterocycles. The van der Waals surface area contributed by atoms with E-state index in [4.69, 9.17) is 24.7 Å². The van der Waals surface area contributed by atoms with Gasteiger partial charge in [-0.15, -0.1) is 0 Å². The topological polar surface area (TPSA) is 179 Å². The Morgan fingerprint density at radius 2 is 1.75 bits per heavy atom. The maximum absolute atomic E-state index is 14.1. The third-order valence-corrected chi connectivity index (χ3v) is 8.82. The van der Waals surface area contributed by atoms with Crippen LogP contribution in [0.1, 0.15) is 59.8 Å². The molecule has 2 bridgehead atoms. The van der Waals surface area contributed by atoms with Crippen LogP contribution in [0.2, 0.25) is 0 Å². The van der Waals surface area contributed by atoms with Crippen molar-refractivity contribution in [3.8, 4) is 0 Å². The number of amides is 2. The van der Waals surface area contributed by atoms with Gasteiger partial charge in [0.05, 0.1) is 31.1 Å². The number of carbonyl (C=O) groups excluding carboxylic acids is 4. The molecule has 0 aromatic rings. The number of carbonyl (C=O) groups is 4. The number of hydrazone groups is 1. The summed E-state index contributed by atoms with van der Waals surface area (Å²) in [5.41, 5.74) is 6.03. The van der Waals surface area contributed by atoms with E-state index in [1.165, 1.54) is 33.6 Å². The summed E-state index contributed by atoms with van der Waals surface area (Å²) in [4.78, 5) is 53.3. The number of aliphatic hydroxyl groups is 1. The van der Waals surface area contributed by atoms with E-state index in [1.54, 1.807) is 39.0 Å². The number of piperidine rings is 1. The highest BCUT2D eigenvalue weighted by molar-refractivity contribution is 6.32. The minimum atomic E-state index is -1.01. The SMILES string of the molecule is COC1=C2CC(C)CC(OC)C(O)C(C)/C=C(\C)C(OC(N)=O)C(OC)/C=C\C=C(/C)C(=O)NC(=C(C=NN3CCCCC3)C1=O)C2=O. The van der Waals surface area contributed by atoms with Crippen LogP contribution in [-0.2, 0) is 33.3 Å². The fourth-order valence-electron chi connectivity index (χ4n) is 6.12. The lowest BCUT2D eigenvalue weighted by Crippen LogP contribution is -2.38. The lowest BCUT2D eigenvalue weighted by Gasteiger charge is -2.30. The van der Waals surface area contributed by atoms with Gasteiger partial charge in [-0.05, 0) is 57.4 Å². The lowest BCUT2D eigenvalue weighted by molar-refractivity contribution is -0.121. The Morgan fingerprint density at radius 1 is 1.06 bits per heavy atom. The maximum atomic E-state index is 14.1. The lowest BCUT2D eigenvalue weighted by atomic mass is 9.84. The molecule has 1 aliphatic carbocycles. The van der Waals surface area contributed by atoms with Crippen molar-refractivity contribution < 1.29 is 43.2 Å². The Balaban J connectivity index is 2.15. The Hall–Kier alpha value is -4.07. The molecule has 0 saturated carbocycles. The van der Waals surface area contributed by atoms with E-state index in [0.29, 0.717) is 25.1 Å². The molecule has 6 atom stereocenters. The Labute approximate surface area is 282 Å². The number of rotatable bonds is 6. The Bertz CT molecular complexity index is 1400. The first kappa shape index (κ1) is 38.4. The zero-order valence-corrected chi connectivity index (χ0v) is 29.0. The van der Waals surface area contributed by atoms with E-state index in [1.807, 2.05) is 11.9 Å². The van der Waals surface area contributed by atoms with Crippen LogP contribution in [0, 0.1) is 11.8 Å². The highest BCUT2D eigenvalue weighted by Gasteiger charge is 2.38. The van der Waals surface area contributed by atoms with E-state index in [0.717, 1.165) is 19.3 Å². The molecule has 1 fully saturated rings. The minimum absolute atomic E-state index is 0.0761. The fraction of sp³-hybridized carbons (Fsp3) is 0.571. The summed E-state index contributed by atoms with van der Waals surface area (Å²) in [5.74, 6) is -2.58. The average molecular weight is 671 g/mol. The number of nitrogens with one attached hydrogen (secondary N) is 1. The van der Waals surface area contributed by atoms with E-state index >= 15 is 0 Å². The van der Waals surface area contributed by atoms with Gasteiger partial charge in [0.15, 0.2) is 11.9 Å². The van der Waals surface area contributed by atoms with Crippen LogP contribution >= 0.6 is 0 Å². The smallest absolute Gasteiger partial charge is 0.405 e. The summed E-state index contributed by atoms with van der Waals surface area (Å²) in [7, 11) is 4.25. The quantitative estimate of drug-likeness (QED) is 0.216. The molecule has 3 aliphatic rings. The van der Waals surface area contributed by atoms with E-state index in [-0.39, 0.29) is 40.5 Å². The van der Waals surface area contributed by atoms with Crippen LogP contribution in [0.15, 0.2) is 63.2 Å². The third kappa shape index (κ3) is 9.74. The molecular formula is C35H50N4O9. The zero-order chi connectivity index (χ0) is 35.5. The Morgan fingerprint density at radius 3 is 2.35 bits per heavy atom. The molecule has 13 heteroatoms. The van der Waals surface area contributed by atoms with E-state index < -0.39 is 53.9 Å². The molecule has 2 amide bonds. The summed E-state index contributed by atoms with van der Waals surface area (Å²) in [6.45, 7) is 8.39. The number of allylic oxidation sites excluding steroid dienone is 4. The summed E-state index contributed by atoms with van der Waals surface area (Å²) >= 11 is 0. The van der Waals surface area contributed by atoms with Crippen molar-refractivity contribution in [2.75, 3.05) is 34.4 Å². The molecule has 13 nitrogen and oxygen atoms in total. The predicted octanol–water partition coefficient (Wildman–Crippen LogP) is 3.25. The summed E-state index contributed by atoms with van der Waals surface area (Å²) in [6, 6.07) is 0. The normalized spacial score (nSPS) is 31.6. The second kappa shape index (κ2) is 17.9. The van der Waals surface area contributed by atoms with Gasteiger partial charge < -0.3 is 35.1 Å². The fourth-order valence-corrected chi connectivity index (χ4v) is 6.12. The van der Waals surface area contributed by atoms with E-state index in [2.05, 4.69) is 10.4 Å². The molecule has 0 spiro atoms. The number of ketones is 2. The first-order valence-electron chi connectivity index (χ1n) is 16.3. The molecule has 3 rings (SSSR count). The number of nitrogens with zero attached hydrogens (tertiary/aromatic N) is 2. The minimum Gasteiger partial charge on any atom is -0.492 e. The molecule has 0 aromatic carbocycles. The van der Waals surface area contributed by atoms with Crippen molar-refractivity contribution in [2.24, 2.45) is 22.7 Å². The number of aliphatic hydroxyl groups excluding tert-OH is 1. The molecule has 0 aromatic heterocycles. The average Bonchev–Trinajstić information content (AvgIpc) is 3.06. The molecule has 4 N–H and O–H groups in total. The van der Waals surface area contributed by atoms with Crippen LogP contribution in [0.4, 0.5) is 4.79 Å². The summed E-state index contributed by atoms with van der Waals surface area (Å²) in [6.07, 6.45) is 6.77. The zero-order valence-electron chi connectivity index (χ0n) is 29.0. The number of nitrogens with two attached hydrogens (primary N) is 1. The van der Waals surface area contributed by atoms with Crippen molar-refractivity contribution in [3.63, 3.8) is 0 Å². The van der Waals surface area contributed by atoms with Gasteiger partial charge in [0, 0.05) is 44.4 Å². The van der Waals surface area contributed by atoms with Gasteiger partial charge in [-0.1, -0.05) is 38.2 Å². The molecule has 264 valence electrons. The van der Waals surface area contributed by atoms with Gasteiger partial charge in [-0.2, -0.15) is 5.10 Å². The number of fused-ring (bicyclic) bond motifs is 2. The second-order valence-corrected chi connectivity index (χ2v) is 12.5. The molecule has 0 radical (unpaired) electrons. The highest BCUT2D eigenvalue weighted by atomic mass is 16.6. The molecule has 6 unspecified atom stereocenters. The number of primary amides is 1. The molecule has 1 saturated heterocycles. The molecule has 2 aliphatic heterocycles. The Kier molecular flexibility index (Phi) is 14.3. The van der Waals surface area contributed by atoms with Crippen molar-refractivity contribution in [1.82, 2.24) is 10.3 Å². The largest absolute Gasteiger partial charge is 0.492 e. The molecular weight excluding hydrogens is 620 g/mol. The maximum Gasteiger partial charge on any atom is 0.405 e. The van der Waals surface area contributed by atoms with Crippen LogP contribution in [0.3, 0.4) is 0 Å². The number of methoxy groups -OCH3 is 3. The van der Waals surface area contributed by atoms with Crippen LogP contribution < -0.4 is 11.1 Å². The highest BCUT2D eigenvalue weighted by Crippen LogP contribution is 2.31. The van der Waals surface area contributed by atoms with E-state index in [9.17, 15) is 24.3 Å². The van der Waals surface area contributed by atoms with Crippen molar-refractivity contribution in [3.05, 3.63) is 58.1 Å². The van der Waals surface area contributed by atoms with Crippen molar-refractivity contribution in [1.29, 1.82) is 0 Å². The van der Waals surface area contributed by atoms with Crippen LogP contribution in [-0.4, -0.2) is 98.7 Å². The van der Waals surface area contributed by atoms with Gasteiger partial charge in [0.1, 0.15) is 11.8 Å². The van der Waals surface area contributed by atoms with Crippen LogP contribution in [0.25, 0.3) is 0 Å².